The zero-order chi connectivity index (χ0) is 6.69. The van der Waals surface area contributed by atoms with Crippen LogP contribution in [0.5, 0.6) is 0 Å². The second kappa shape index (κ2) is 2.55. The number of H-pyrrole nitrogens is 1. The van der Waals surface area contributed by atoms with Gasteiger partial charge in [0, 0.05) is 6.20 Å². The van der Waals surface area contributed by atoms with Gasteiger partial charge in [0.1, 0.15) is 0 Å². The van der Waals surface area contributed by atoms with Crippen molar-refractivity contribution in [1.29, 1.82) is 0 Å². The van der Waals surface area contributed by atoms with Gasteiger partial charge in [0.2, 0.25) is 0 Å². The summed E-state index contributed by atoms with van der Waals surface area (Å²) in [5.41, 5.74) is 0.610. The fourth-order valence-electron chi connectivity index (χ4n) is 0.513. The summed E-state index contributed by atoms with van der Waals surface area (Å²) < 4.78 is 0. The Hall–Kier alpha value is -0.960. The van der Waals surface area contributed by atoms with Crippen LogP contribution in [0.3, 0.4) is 0 Å². The summed E-state index contributed by atoms with van der Waals surface area (Å²) in [5, 5.41) is 11.0. The van der Waals surface area contributed by atoms with Gasteiger partial charge < -0.3 is 10.2 Å². The summed E-state index contributed by atoms with van der Waals surface area (Å²) >= 11 is 5.40. The quantitative estimate of drug-likeness (QED) is 0.349. The molecule has 0 aliphatic rings. The van der Waals surface area contributed by atoms with Gasteiger partial charge in [-0.05, 0) is 12.1 Å². The molecule has 1 rings (SSSR count). The van der Waals surface area contributed by atoms with Gasteiger partial charge in [-0.15, -0.1) is 0 Å². The van der Waals surface area contributed by atoms with Gasteiger partial charge in [-0.3, -0.25) is 0 Å². The van der Waals surface area contributed by atoms with Crippen LogP contribution in [0.1, 0.15) is 5.69 Å². The Morgan fingerprint density at radius 2 is 2.56 bits per heavy atom. The van der Waals surface area contributed by atoms with E-state index in [9.17, 15) is 0 Å². The van der Waals surface area contributed by atoms with Crippen molar-refractivity contribution in [2.45, 2.75) is 0 Å². The molecular weight excluding hydrogens is 140 g/mol. The molecule has 1 aromatic rings. The molecule has 0 fully saturated rings. The van der Waals surface area contributed by atoms with E-state index in [0.717, 1.165) is 0 Å². The standard InChI is InChI=1S/C5H5ClN2O/c6-5(8-9)4-2-1-3-7-4/h1-3,7,9H/b8-5-. The molecule has 2 N–H and O–H groups in total. The molecule has 0 radical (unpaired) electrons. The van der Waals surface area contributed by atoms with Crippen molar-refractivity contribution >= 4 is 16.8 Å². The van der Waals surface area contributed by atoms with Crippen molar-refractivity contribution in [1.82, 2.24) is 4.98 Å². The monoisotopic (exact) mass is 144 g/mol. The molecule has 3 nitrogen and oxygen atoms in total. The topological polar surface area (TPSA) is 48.4 Å². The third-order valence-corrected chi connectivity index (χ3v) is 1.19. The number of halogens is 1. The molecule has 1 heterocycles. The van der Waals surface area contributed by atoms with E-state index in [4.69, 9.17) is 16.8 Å². The van der Waals surface area contributed by atoms with E-state index in [1.807, 2.05) is 0 Å². The first-order valence-corrected chi connectivity index (χ1v) is 2.73. The SMILES string of the molecule is O/N=C(\Cl)c1ccc[nH]1. The van der Waals surface area contributed by atoms with Crippen molar-refractivity contribution in [3.63, 3.8) is 0 Å². The minimum Gasteiger partial charge on any atom is -0.410 e. The minimum absolute atomic E-state index is 0.0694. The smallest absolute Gasteiger partial charge is 0.191 e. The number of nitrogens with zero attached hydrogens (tertiary/aromatic N) is 1. The third kappa shape index (κ3) is 1.23. The van der Waals surface area contributed by atoms with Gasteiger partial charge in [-0.2, -0.15) is 0 Å². The summed E-state index contributed by atoms with van der Waals surface area (Å²) in [6.07, 6.45) is 1.70. The van der Waals surface area contributed by atoms with Crippen LogP contribution in [0, 0.1) is 0 Å². The molecule has 0 aliphatic carbocycles. The van der Waals surface area contributed by atoms with Crippen LogP contribution < -0.4 is 0 Å². The van der Waals surface area contributed by atoms with Crippen LogP contribution in [0.25, 0.3) is 0 Å². The number of oxime groups is 1. The summed E-state index contributed by atoms with van der Waals surface area (Å²) in [6, 6.07) is 3.48. The average molecular weight is 145 g/mol. The second-order valence-corrected chi connectivity index (χ2v) is 1.83. The van der Waals surface area contributed by atoms with Crippen LogP contribution in [-0.4, -0.2) is 15.4 Å². The van der Waals surface area contributed by atoms with E-state index in [0.29, 0.717) is 5.69 Å². The Morgan fingerprint density at radius 3 is 3.00 bits per heavy atom. The van der Waals surface area contributed by atoms with E-state index in [-0.39, 0.29) is 5.17 Å². The van der Waals surface area contributed by atoms with E-state index in [1.165, 1.54) is 0 Å². The van der Waals surface area contributed by atoms with Crippen molar-refractivity contribution in [2.24, 2.45) is 5.16 Å². The minimum atomic E-state index is 0.0694. The molecule has 0 aliphatic heterocycles. The molecule has 0 atom stereocenters. The van der Waals surface area contributed by atoms with Crippen molar-refractivity contribution in [3.05, 3.63) is 24.0 Å². The van der Waals surface area contributed by atoms with Crippen LogP contribution in [0.4, 0.5) is 0 Å². The Labute approximate surface area is 57.0 Å². The Balaban J connectivity index is 2.90. The van der Waals surface area contributed by atoms with Gasteiger partial charge in [0.05, 0.1) is 5.69 Å². The van der Waals surface area contributed by atoms with Gasteiger partial charge >= 0.3 is 0 Å². The molecule has 48 valence electrons. The lowest BCUT2D eigenvalue weighted by atomic mass is 10.5. The largest absolute Gasteiger partial charge is 0.410 e. The number of rotatable bonds is 1. The lowest BCUT2D eigenvalue weighted by Crippen LogP contribution is -1.88. The van der Waals surface area contributed by atoms with Crippen molar-refractivity contribution < 1.29 is 5.21 Å². The van der Waals surface area contributed by atoms with Gasteiger partial charge in [0.15, 0.2) is 5.17 Å². The Bertz CT molecular complexity index is 205. The molecule has 9 heavy (non-hydrogen) atoms. The van der Waals surface area contributed by atoms with Crippen molar-refractivity contribution in [3.8, 4) is 0 Å². The third-order valence-electron chi connectivity index (χ3n) is 0.908. The van der Waals surface area contributed by atoms with Crippen LogP contribution >= 0.6 is 11.6 Å². The summed E-state index contributed by atoms with van der Waals surface area (Å²) in [7, 11) is 0. The van der Waals surface area contributed by atoms with Crippen molar-refractivity contribution in [2.75, 3.05) is 0 Å². The first kappa shape index (κ1) is 6.16. The zero-order valence-corrected chi connectivity index (χ0v) is 5.26. The zero-order valence-electron chi connectivity index (χ0n) is 4.50. The maximum atomic E-state index is 8.14. The summed E-state index contributed by atoms with van der Waals surface area (Å²) in [6.45, 7) is 0. The normalized spacial score (nSPS) is 11.9. The molecule has 0 saturated heterocycles. The molecule has 0 amide bonds. The maximum Gasteiger partial charge on any atom is 0.191 e. The molecule has 0 aromatic carbocycles. The molecule has 0 spiro atoms. The predicted octanol–water partition coefficient (Wildman–Crippen LogP) is 1.39. The maximum absolute atomic E-state index is 8.14. The van der Waals surface area contributed by atoms with Crippen LogP contribution in [0.15, 0.2) is 23.5 Å². The molecule has 0 bridgehead atoms. The van der Waals surface area contributed by atoms with Crippen LogP contribution in [-0.2, 0) is 0 Å². The Kier molecular flexibility index (Phi) is 1.75. The highest BCUT2D eigenvalue weighted by Gasteiger charge is 1.97. The number of aromatic amines is 1. The van der Waals surface area contributed by atoms with Gasteiger partial charge in [-0.1, -0.05) is 16.8 Å². The molecular formula is C5H5ClN2O. The van der Waals surface area contributed by atoms with Gasteiger partial charge in [0.25, 0.3) is 0 Å². The average Bonchev–Trinajstić information content (AvgIpc) is 2.37. The number of hydrogen-bond acceptors (Lipinski definition) is 2. The first-order chi connectivity index (χ1) is 4.34. The fraction of sp³-hybridized carbons (Fsp3) is 0. The lowest BCUT2D eigenvalue weighted by Gasteiger charge is -1.85. The van der Waals surface area contributed by atoms with E-state index in [1.54, 1.807) is 18.3 Å². The number of nitrogens with one attached hydrogen (secondary N) is 1. The highest BCUT2D eigenvalue weighted by Crippen LogP contribution is 1.99. The molecule has 1 aromatic heterocycles. The highest BCUT2D eigenvalue weighted by molar-refractivity contribution is 6.69. The fourth-order valence-corrected chi connectivity index (χ4v) is 0.630. The van der Waals surface area contributed by atoms with E-state index in [2.05, 4.69) is 10.1 Å². The summed E-state index contributed by atoms with van der Waals surface area (Å²) in [4.78, 5) is 2.77. The molecule has 0 saturated carbocycles. The van der Waals surface area contributed by atoms with E-state index < -0.39 is 0 Å². The van der Waals surface area contributed by atoms with Crippen LogP contribution in [0.2, 0.25) is 0 Å². The number of aromatic nitrogens is 1. The molecule has 4 heteroatoms. The Morgan fingerprint density at radius 1 is 1.78 bits per heavy atom. The van der Waals surface area contributed by atoms with Gasteiger partial charge in [-0.25, -0.2) is 0 Å². The number of hydrogen-bond donors (Lipinski definition) is 2. The first-order valence-electron chi connectivity index (χ1n) is 2.36. The predicted molar refractivity (Wildman–Crippen MR) is 35.0 cm³/mol. The lowest BCUT2D eigenvalue weighted by molar-refractivity contribution is 0.320. The summed E-state index contributed by atoms with van der Waals surface area (Å²) in [5.74, 6) is 0. The van der Waals surface area contributed by atoms with E-state index >= 15 is 0 Å². The molecule has 0 unspecified atom stereocenters. The second-order valence-electron chi connectivity index (χ2n) is 1.47. The highest BCUT2D eigenvalue weighted by atomic mass is 35.5.